The predicted octanol–water partition coefficient (Wildman–Crippen LogP) is 0.130. The molecule has 3 aromatic rings. The normalized spacial score (nSPS) is 10.3. The van der Waals surface area contributed by atoms with Gasteiger partial charge < -0.3 is 9.66 Å². The number of imidazole rings is 1. The summed E-state index contributed by atoms with van der Waals surface area (Å²) in [5.41, 5.74) is 0.969. The number of hydrogen-bond donors (Lipinski definition) is 4. The summed E-state index contributed by atoms with van der Waals surface area (Å²) in [5, 5.41) is 11.9. The average Bonchev–Trinajstić information content (AvgIpc) is 2.93. The Labute approximate surface area is 133 Å². The molecule has 23 heavy (non-hydrogen) atoms. The van der Waals surface area contributed by atoms with Crippen LogP contribution in [0.3, 0.4) is 0 Å². The second-order valence-electron chi connectivity index (χ2n) is 4.36. The molecule has 0 fully saturated rings. The number of fused-ring (bicyclic) bond motifs is 1. The Hall–Kier alpha value is -2.46. The molecule has 0 saturated carbocycles. The highest BCUT2D eigenvalue weighted by Gasteiger charge is 2.13. The number of nitrogens with zero attached hydrogens (tertiary/aromatic N) is 1. The zero-order chi connectivity index (χ0) is 17.5. The number of hydrazine groups is 1. The number of nitrogens with two attached hydrogens (primary N) is 2. The fourth-order valence-corrected chi connectivity index (χ4v) is 1.94. The summed E-state index contributed by atoms with van der Waals surface area (Å²) in [7, 11) is -3.92. The van der Waals surface area contributed by atoms with Gasteiger partial charge in [0.15, 0.2) is 0 Å². The fraction of sp³-hybridized carbons (Fsp3) is 0.0714. The number of aromatic nitrogens is 2. The molecule has 0 amide bonds. The molecule has 124 valence electrons. The van der Waals surface area contributed by atoms with Crippen molar-refractivity contribution in [2.75, 3.05) is 6.26 Å². The Balaban J connectivity index is 0.000000327. The smallest absolute Gasteiger partial charge is 0.456 e. The molecule has 0 radical (unpaired) electrons. The molecule has 0 unspecified atom stereocenters. The van der Waals surface area contributed by atoms with Crippen LogP contribution in [0.25, 0.3) is 16.5 Å². The van der Waals surface area contributed by atoms with Gasteiger partial charge in [-0.2, -0.15) is 4.57 Å². The summed E-state index contributed by atoms with van der Waals surface area (Å²) < 4.78 is 29.0. The van der Waals surface area contributed by atoms with Crippen LogP contribution in [-0.4, -0.2) is 29.3 Å². The molecule has 0 saturated heterocycles. The van der Waals surface area contributed by atoms with Crippen molar-refractivity contribution in [3.05, 3.63) is 54.9 Å². The van der Waals surface area contributed by atoms with E-state index in [1.54, 1.807) is 17.0 Å². The van der Waals surface area contributed by atoms with Crippen molar-refractivity contribution < 1.29 is 22.6 Å². The van der Waals surface area contributed by atoms with E-state index in [1.165, 1.54) is 0 Å². The summed E-state index contributed by atoms with van der Waals surface area (Å²) in [5.74, 6) is 8.00. The molecule has 0 aliphatic carbocycles. The molecule has 0 atom stereocenters. The Morgan fingerprint density at radius 2 is 1.70 bits per heavy atom. The van der Waals surface area contributed by atoms with Crippen LogP contribution >= 0.6 is 0 Å². The Morgan fingerprint density at radius 1 is 1.13 bits per heavy atom. The van der Waals surface area contributed by atoms with Gasteiger partial charge in [-0.05, 0) is 11.5 Å². The standard InChI is InChI=1S/C13H10N2O.CH4O3S.H4N2/c16-13-14-8-9-15(13)12-7-3-5-10-4-1-2-6-11(10)12;1-5(2,3)4;1-2/h1-9H,(H,14,16);1H3,(H,2,3,4);1-2H2. The monoisotopic (exact) mass is 338 g/mol. The number of rotatable bonds is 1. The van der Waals surface area contributed by atoms with Gasteiger partial charge in [-0.25, -0.2) is 13.4 Å². The van der Waals surface area contributed by atoms with Crippen LogP contribution in [-0.2, 0) is 10.1 Å². The third-order valence-electron chi connectivity index (χ3n) is 2.69. The van der Waals surface area contributed by atoms with Crippen molar-refractivity contribution in [1.82, 2.24) is 4.98 Å². The molecule has 1 aromatic heterocycles. The van der Waals surface area contributed by atoms with Crippen molar-refractivity contribution in [3.63, 3.8) is 0 Å². The van der Waals surface area contributed by atoms with Crippen molar-refractivity contribution in [2.45, 2.75) is 0 Å². The van der Waals surface area contributed by atoms with Crippen molar-refractivity contribution >= 4 is 20.9 Å². The molecule has 0 spiro atoms. The van der Waals surface area contributed by atoms with Crippen LogP contribution in [0.5, 0.6) is 6.01 Å². The maximum absolute atomic E-state index is 9.67. The topological polar surface area (TPSA) is 149 Å². The Kier molecular flexibility index (Phi) is 6.66. The third kappa shape index (κ3) is 5.68. The lowest BCUT2D eigenvalue weighted by atomic mass is 10.1. The Bertz CT molecular complexity index is 849. The van der Waals surface area contributed by atoms with Crippen molar-refractivity contribution in [3.8, 4) is 11.7 Å². The number of H-pyrrole nitrogens is 1. The quantitative estimate of drug-likeness (QED) is 0.214. The summed E-state index contributed by atoms with van der Waals surface area (Å²) >= 11 is 0. The highest BCUT2D eigenvalue weighted by atomic mass is 32.2. The maximum atomic E-state index is 9.67. The van der Waals surface area contributed by atoms with Gasteiger partial charge in [0.2, 0.25) is 0 Å². The van der Waals surface area contributed by atoms with Gasteiger partial charge in [-0.3, -0.25) is 11.7 Å². The average molecular weight is 338 g/mol. The van der Waals surface area contributed by atoms with Crippen LogP contribution in [0, 0.1) is 0 Å². The lowest BCUT2D eigenvalue weighted by molar-refractivity contribution is -0.600. The van der Waals surface area contributed by atoms with E-state index in [1.807, 2.05) is 30.3 Å². The molecule has 3 rings (SSSR count). The van der Waals surface area contributed by atoms with E-state index < -0.39 is 10.1 Å². The first-order valence-corrected chi connectivity index (χ1v) is 8.18. The van der Waals surface area contributed by atoms with Gasteiger partial charge in [-0.1, -0.05) is 36.4 Å². The molecule has 2 aromatic carbocycles. The summed E-state index contributed by atoms with van der Waals surface area (Å²) in [4.78, 5) is 2.75. The third-order valence-corrected chi connectivity index (χ3v) is 2.69. The van der Waals surface area contributed by atoms with Gasteiger partial charge in [0, 0.05) is 11.6 Å². The molecule has 1 heterocycles. The zero-order valence-corrected chi connectivity index (χ0v) is 13.2. The number of hydrogen-bond acceptors (Lipinski definition) is 6. The second kappa shape index (κ2) is 8.25. The van der Waals surface area contributed by atoms with Crippen LogP contribution in [0.4, 0.5) is 0 Å². The zero-order valence-electron chi connectivity index (χ0n) is 12.4. The molecular formula is C14H18N4O4S. The van der Waals surface area contributed by atoms with Crippen LogP contribution in [0.15, 0.2) is 54.9 Å². The van der Waals surface area contributed by atoms with Gasteiger partial charge in [-0.15, -0.1) is 0 Å². The van der Waals surface area contributed by atoms with Gasteiger partial charge in [0.05, 0.1) is 10.1 Å². The highest BCUT2D eigenvalue weighted by Crippen LogP contribution is 2.19. The first-order chi connectivity index (χ1) is 10.9. The SMILES string of the molecule is CS(=O)(=O)[O-].NN.Oc1[nH]cc[n+]1-c1cccc2ccccc12. The van der Waals surface area contributed by atoms with E-state index in [9.17, 15) is 5.11 Å². The molecule has 0 aliphatic heterocycles. The van der Waals surface area contributed by atoms with Crippen molar-refractivity contribution in [2.24, 2.45) is 11.7 Å². The molecule has 0 aliphatic rings. The van der Waals surface area contributed by atoms with E-state index in [0.717, 1.165) is 16.5 Å². The lowest BCUT2D eigenvalue weighted by Crippen LogP contribution is -2.27. The van der Waals surface area contributed by atoms with E-state index in [4.69, 9.17) is 13.0 Å². The minimum Gasteiger partial charge on any atom is -0.748 e. The summed E-state index contributed by atoms with van der Waals surface area (Å²) in [6, 6.07) is 14.3. The molecule has 6 N–H and O–H groups in total. The summed E-state index contributed by atoms with van der Waals surface area (Å²) in [6.07, 6.45) is 4.11. The van der Waals surface area contributed by atoms with Crippen LogP contribution in [0.1, 0.15) is 0 Å². The highest BCUT2D eigenvalue weighted by molar-refractivity contribution is 7.84. The molecular weight excluding hydrogens is 320 g/mol. The summed E-state index contributed by atoms with van der Waals surface area (Å²) in [6.45, 7) is 0. The van der Waals surface area contributed by atoms with Crippen LogP contribution < -0.4 is 16.3 Å². The minimum atomic E-state index is -3.92. The van der Waals surface area contributed by atoms with E-state index in [-0.39, 0.29) is 6.01 Å². The number of aromatic amines is 1. The minimum absolute atomic E-state index is 0.136. The fourth-order valence-electron chi connectivity index (χ4n) is 1.94. The molecule has 0 bridgehead atoms. The lowest BCUT2D eigenvalue weighted by Gasteiger charge is -2.02. The van der Waals surface area contributed by atoms with Gasteiger partial charge in [0.25, 0.3) is 0 Å². The molecule has 8 nitrogen and oxygen atoms in total. The molecule has 9 heteroatoms. The van der Waals surface area contributed by atoms with E-state index in [0.29, 0.717) is 6.26 Å². The van der Waals surface area contributed by atoms with E-state index >= 15 is 0 Å². The first kappa shape index (κ1) is 18.6. The largest absolute Gasteiger partial charge is 0.748 e. The Morgan fingerprint density at radius 3 is 2.26 bits per heavy atom. The van der Waals surface area contributed by atoms with Crippen molar-refractivity contribution in [1.29, 1.82) is 0 Å². The second-order valence-corrected chi connectivity index (χ2v) is 5.76. The van der Waals surface area contributed by atoms with Crippen LogP contribution in [0.2, 0.25) is 0 Å². The number of aromatic hydroxyl groups is 1. The number of nitrogens with one attached hydrogen (secondary N) is 1. The van der Waals surface area contributed by atoms with E-state index in [2.05, 4.69) is 28.8 Å². The predicted molar refractivity (Wildman–Crippen MR) is 85.5 cm³/mol. The van der Waals surface area contributed by atoms with Gasteiger partial charge in [0.1, 0.15) is 18.1 Å². The first-order valence-electron chi connectivity index (χ1n) is 6.36. The maximum Gasteiger partial charge on any atom is 0.456 e. The van der Waals surface area contributed by atoms with Gasteiger partial charge >= 0.3 is 6.01 Å². The number of benzene rings is 2.